The summed E-state index contributed by atoms with van der Waals surface area (Å²) in [6.07, 6.45) is 1.15. The van der Waals surface area contributed by atoms with Crippen molar-refractivity contribution in [2.75, 3.05) is 12.3 Å². The largest absolute Gasteiger partial charge is 0.399 e. The Morgan fingerprint density at radius 2 is 1.80 bits per heavy atom. The van der Waals surface area contributed by atoms with Gasteiger partial charge in [0.05, 0.1) is 0 Å². The van der Waals surface area contributed by atoms with Crippen LogP contribution < -0.4 is 5.73 Å². The van der Waals surface area contributed by atoms with Crippen LogP contribution in [0.1, 0.15) is 24.5 Å². The molecule has 0 bridgehead atoms. The van der Waals surface area contributed by atoms with Gasteiger partial charge in [0, 0.05) is 23.2 Å². The maximum atomic E-state index is 5.80. The van der Waals surface area contributed by atoms with Crippen molar-refractivity contribution >= 4 is 21.6 Å². The second-order valence-corrected chi connectivity index (χ2v) is 5.90. The van der Waals surface area contributed by atoms with E-state index in [0.717, 1.165) is 36.2 Å². The van der Waals surface area contributed by atoms with E-state index in [0.29, 0.717) is 0 Å². The highest BCUT2D eigenvalue weighted by atomic mass is 79.9. The second kappa shape index (κ2) is 7.46. The molecule has 106 valence electrons. The van der Waals surface area contributed by atoms with E-state index in [1.807, 2.05) is 12.1 Å². The number of nitrogens with two attached hydrogens (primary N) is 1. The van der Waals surface area contributed by atoms with E-state index in [9.17, 15) is 0 Å². The molecule has 0 radical (unpaired) electrons. The smallest absolute Gasteiger partial charge is 0.0325 e. The summed E-state index contributed by atoms with van der Waals surface area (Å²) in [6, 6.07) is 16.7. The van der Waals surface area contributed by atoms with Crippen LogP contribution >= 0.6 is 15.9 Å². The number of rotatable bonds is 6. The number of anilines is 1. The van der Waals surface area contributed by atoms with Gasteiger partial charge in [0.15, 0.2) is 0 Å². The quantitative estimate of drug-likeness (QED) is 0.792. The molecule has 2 nitrogen and oxygen atoms in total. The van der Waals surface area contributed by atoms with Crippen LogP contribution in [0.3, 0.4) is 0 Å². The van der Waals surface area contributed by atoms with Gasteiger partial charge in [-0.05, 0) is 36.2 Å². The zero-order valence-electron chi connectivity index (χ0n) is 11.8. The molecule has 0 spiro atoms. The molecule has 3 heteroatoms. The second-order valence-electron chi connectivity index (χ2n) is 5.05. The third kappa shape index (κ3) is 4.36. The standard InChI is InChI=1S/C17H21BrN2/c1-2-10-20(12-14-6-4-3-5-7-14)13-15-8-9-16(19)11-17(15)18/h3-9,11H,2,10,12-13,19H2,1H3. The molecule has 0 aliphatic carbocycles. The van der Waals surface area contributed by atoms with Gasteiger partial charge in [-0.15, -0.1) is 0 Å². The van der Waals surface area contributed by atoms with E-state index in [4.69, 9.17) is 5.73 Å². The van der Waals surface area contributed by atoms with Gasteiger partial charge in [-0.2, -0.15) is 0 Å². The van der Waals surface area contributed by atoms with Gasteiger partial charge < -0.3 is 5.73 Å². The van der Waals surface area contributed by atoms with Crippen LogP contribution in [0, 0.1) is 0 Å². The molecule has 2 aromatic rings. The molecular formula is C17H21BrN2. The molecule has 2 N–H and O–H groups in total. The Hall–Kier alpha value is -1.32. The number of hydrogen-bond donors (Lipinski definition) is 1. The number of nitrogens with zero attached hydrogens (tertiary/aromatic N) is 1. The fourth-order valence-electron chi connectivity index (χ4n) is 2.30. The Morgan fingerprint density at radius 1 is 1.05 bits per heavy atom. The third-order valence-corrected chi connectivity index (χ3v) is 4.00. The van der Waals surface area contributed by atoms with E-state index in [2.05, 4.69) is 64.2 Å². The van der Waals surface area contributed by atoms with Crippen LogP contribution in [0.4, 0.5) is 5.69 Å². The van der Waals surface area contributed by atoms with Crippen molar-refractivity contribution in [3.05, 3.63) is 64.1 Å². The Morgan fingerprint density at radius 3 is 2.45 bits per heavy atom. The van der Waals surface area contributed by atoms with Crippen molar-refractivity contribution in [1.82, 2.24) is 4.90 Å². The molecule has 0 amide bonds. The predicted octanol–water partition coefficient (Wildman–Crippen LogP) is 4.44. The molecule has 0 unspecified atom stereocenters. The zero-order valence-corrected chi connectivity index (χ0v) is 13.4. The van der Waals surface area contributed by atoms with E-state index in [1.54, 1.807) is 0 Å². The van der Waals surface area contributed by atoms with Gasteiger partial charge in [-0.25, -0.2) is 0 Å². The van der Waals surface area contributed by atoms with Crippen molar-refractivity contribution in [3.8, 4) is 0 Å². The van der Waals surface area contributed by atoms with E-state index >= 15 is 0 Å². The van der Waals surface area contributed by atoms with Crippen molar-refractivity contribution in [3.63, 3.8) is 0 Å². The highest BCUT2D eigenvalue weighted by Crippen LogP contribution is 2.22. The lowest BCUT2D eigenvalue weighted by Crippen LogP contribution is -2.23. The molecule has 0 saturated heterocycles. The number of benzene rings is 2. The number of hydrogen-bond acceptors (Lipinski definition) is 2. The summed E-state index contributed by atoms with van der Waals surface area (Å²) >= 11 is 3.61. The summed E-state index contributed by atoms with van der Waals surface area (Å²) in [7, 11) is 0. The lowest BCUT2D eigenvalue weighted by molar-refractivity contribution is 0.257. The van der Waals surface area contributed by atoms with E-state index in [-0.39, 0.29) is 0 Å². The van der Waals surface area contributed by atoms with Gasteiger partial charge in [-0.1, -0.05) is 59.3 Å². The van der Waals surface area contributed by atoms with Crippen molar-refractivity contribution in [2.45, 2.75) is 26.4 Å². The summed E-state index contributed by atoms with van der Waals surface area (Å²) in [5.74, 6) is 0. The minimum Gasteiger partial charge on any atom is -0.399 e. The number of halogens is 1. The monoisotopic (exact) mass is 332 g/mol. The van der Waals surface area contributed by atoms with Crippen molar-refractivity contribution in [1.29, 1.82) is 0 Å². The first-order valence-electron chi connectivity index (χ1n) is 6.99. The molecule has 2 rings (SSSR count). The Labute approximate surface area is 129 Å². The summed E-state index contributed by atoms with van der Waals surface area (Å²) in [5.41, 5.74) is 9.23. The van der Waals surface area contributed by atoms with Crippen LogP contribution in [0.15, 0.2) is 53.0 Å². The highest BCUT2D eigenvalue weighted by Gasteiger charge is 2.08. The van der Waals surface area contributed by atoms with Gasteiger partial charge >= 0.3 is 0 Å². The fraction of sp³-hybridized carbons (Fsp3) is 0.294. The lowest BCUT2D eigenvalue weighted by atomic mass is 10.1. The van der Waals surface area contributed by atoms with Crippen LogP contribution in [-0.2, 0) is 13.1 Å². The molecule has 2 aromatic carbocycles. The fourth-order valence-corrected chi connectivity index (χ4v) is 2.83. The molecule has 0 aromatic heterocycles. The average Bonchev–Trinajstić information content (AvgIpc) is 2.43. The Kier molecular flexibility index (Phi) is 5.62. The molecule has 0 saturated carbocycles. The summed E-state index contributed by atoms with van der Waals surface area (Å²) in [4.78, 5) is 2.46. The van der Waals surface area contributed by atoms with Crippen LogP contribution in [0.5, 0.6) is 0 Å². The molecular weight excluding hydrogens is 312 g/mol. The number of nitrogen functional groups attached to an aromatic ring is 1. The van der Waals surface area contributed by atoms with Crippen LogP contribution in [0.25, 0.3) is 0 Å². The van der Waals surface area contributed by atoms with Gasteiger partial charge in [-0.3, -0.25) is 4.90 Å². The summed E-state index contributed by atoms with van der Waals surface area (Å²) in [6.45, 7) is 5.22. The first-order chi connectivity index (χ1) is 9.69. The first-order valence-corrected chi connectivity index (χ1v) is 7.78. The van der Waals surface area contributed by atoms with Gasteiger partial charge in [0.1, 0.15) is 0 Å². The molecule has 0 heterocycles. The molecule has 0 atom stereocenters. The summed E-state index contributed by atoms with van der Waals surface area (Å²) < 4.78 is 1.09. The Balaban J connectivity index is 2.09. The zero-order chi connectivity index (χ0) is 14.4. The van der Waals surface area contributed by atoms with Gasteiger partial charge in [0.25, 0.3) is 0 Å². The normalized spacial score (nSPS) is 10.9. The maximum Gasteiger partial charge on any atom is 0.0325 e. The topological polar surface area (TPSA) is 29.3 Å². The van der Waals surface area contributed by atoms with Gasteiger partial charge in [0.2, 0.25) is 0 Å². The predicted molar refractivity (Wildman–Crippen MR) is 89.4 cm³/mol. The molecule has 0 fully saturated rings. The SMILES string of the molecule is CCCN(Cc1ccccc1)Cc1ccc(N)cc1Br. The molecule has 0 aliphatic rings. The minimum absolute atomic E-state index is 0.797. The average molecular weight is 333 g/mol. The minimum atomic E-state index is 0.797. The summed E-state index contributed by atoms with van der Waals surface area (Å²) in [5, 5.41) is 0. The molecule has 0 aliphatic heterocycles. The molecule has 20 heavy (non-hydrogen) atoms. The van der Waals surface area contributed by atoms with Crippen LogP contribution in [-0.4, -0.2) is 11.4 Å². The van der Waals surface area contributed by atoms with Crippen molar-refractivity contribution in [2.24, 2.45) is 0 Å². The maximum absolute atomic E-state index is 5.80. The first kappa shape index (κ1) is 15.1. The highest BCUT2D eigenvalue weighted by molar-refractivity contribution is 9.10. The lowest BCUT2D eigenvalue weighted by Gasteiger charge is -2.22. The van der Waals surface area contributed by atoms with Crippen molar-refractivity contribution < 1.29 is 0 Å². The Bertz CT molecular complexity index is 540. The third-order valence-electron chi connectivity index (χ3n) is 3.26. The van der Waals surface area contributed by atoms with E-state index in [1.165, 1.54) is 11.1 Å². The van der Waals surface area contributed by atoms with Crippen LogP contribution in [0.2, 0.25) is 0 Å². The van der Waals surface area contributed by atoms with E-state index < -0.39 is 0 Å².